The van der Waals surface area contributed by atoms with E-state index in [2.05, 4.69) is 15.5 Å². The Labute approximate surface area is 184 Å². The van der Waals surface area contributed by atoms with Gasteiger partial charge in [0.15, 0.2) is 5.82 Å². The van der Waals surface area contributed by atoms with Gasteiger partial charge < -0.3 is 14.6 Å². The zero-order valence-corrected chi connectivity index (χ0v) is 18.2. The maximum atomic E-state index is 12.9. The van der Waals surface area contributed by atoms with Crippen LogP contribution in [0.4, 0.5) is 0 Å². The van der Waals surface area contributed by atoms with Crippen LogP contribution < -0.4 is 15.6 Å². The van der Waals surface area contributed by atoms with E-state index in [0.717, 1.165) is 16.7 Å². The van der Waals surface area contributed by atoms with Crippen LogP contribution in [0.5, 0.6) is 5.75 Å². The van der Waals surface area contributed by atoms with E-state index < -0.39 is 0 Å². The van der Waals surface area contributed by atoms with Crippen LogP contribution in [0, 0.1) is 0 Å². The molecule has 4 rings (SSSR count). The van der Waals surface area contributed by atoms with Crippen molar-refractivity contribution in [3.8, 4) is 17.2 Å². The highest BCUT2D eigenvalue weighted by Crippen LogP contribution is 2.27. The van der Waals surface area contributed by atoms with E-state index in [1.54, 1.807) is 13.2 Å². The van der Waals surface area contributed by atoms with Gasteiger partial charge in [-0.25, -0.2) is 0 Å². The molecule has 0 spiro atoms. The summed E-state index contributed by atoms with van der Waals surface area (Å²) < 4.78 is 12.0. The van der Waals surface area contributed by atoms with Crippen molar-refractivity contribution in [3.05, 3.63) is 76.3 Å². The van der Waals surface area contributed by atoms with Crippen molar-refractivity contribution < 1.29 is 14.1 Å². The average molecular weight is 432 g/mol. The first kappa shape index (κ1) is 21.3. The Morgan fingerprint density at radius 3 is 2.59 bits per heavy atom. The number of benzene rings is 2. The molecule has 32 heavy (non-hydrogen) atoms. The van der Waals surface area contributed by atoms with Crippen molar-refractivity contribution >= 4 is 16.8 Å². The van der Waals surface area contributed by atoms with Crippen LogP contribution in [0.1, 0.15) is 31.2 Å². The molecule has 0 saturated heterocycles. The van der Waals surface area contributed by atoms with Crippen molar-refractivity contribution in [2.45, 2.75) is 32.9 Å². The predicted octanol–water partition coefficient (Wildman–Crippen LogP) is 3.50. The Morgan fingerprint density at radius 2 is 1.91 bits per heavy atom. The SMILES string of the molecule is COc1ccc(CNC(=O)Cn2c(=O)cc(-c3nc(C(C)C)no3)c3ccccc32)cc1. The number of para-hydroxylation sites is 1. The molecule has 4 aromatic rings. The van der Waals surface area contributed by atoms with Gasteiger partial charge in [-0.1, -0.05) is 49.3 Å². The summed E-state index contributed by atoms with van der Waals surface area (Å²) in [6, 6.07) is 16.2. The number of hydrogen-bond acceptors (Lipinski definition) is 6. The molecule has 1 amide bonds. The number of nitrogens with zero attached hydrogens (tertiary/aromatic N) is 3. The highest BCUT2D eigenvalue weighted by atomic mass is 16.5. The van der Waals surface area contributed by atoms with Crippen molar-refractivity contribution in [2.75, 3.05) is 7.11 Å². The van der Waals surface area contributed by atoms with Gasteiger partial charge in [0.05, 0.1) is 18.2 Å². The van der Waals surface area contributed by atoms with E-state index >= 15 is 0 Å². The fourth-order valence-electron chi connectivity index (χ4n) is 3.40. The fourth-order valence-corrected chi connectivity index (χ4v) is 3.40. The number of carbonyl (C=O) groups excluding carboxylic acids is 1. The number of fused-ring (bicyclic) bond motifs is 1. The molecular formula is C24H24N4O4. The monoisotopic (exact) mass is 432 g/mol. The Bertz CT molecular complexity index is 1310. The number of carbonyl (C=O) groups is 1. The molecule has 2 aromatic heterocycles. The maximum Gasteiger partial charge on any atom is 0.258 e. The number of rotatable bonds is 7. The molecule has 2 aromatic carbocycles. The Morgan fingerprint density at radius 1 is 1.16 bits per heavy atom. The van der Waals surface area contributed by atoms with Gasteiger partial charge in [-0.15, -0.1) is 0 Å². The topological polar surface area (TPSA) is 99.2 Å². The van der Waals surface area contributed by atoms with E-state index in [9.17, 15) is 9.59 Å². The van der Waals surface area contributed by atoms with Crippen molar-refractivity contribution in [2.24, 2.45) is 0 Å². The molecular weight excluding hydrogens is 408 g/mol. The first-order valence-corrected chi connectivity index (χ1v) is 10.3. The minimum Gasteiger partial charge on any atom is -0.497 e. The maximum absolute atomic E-state index is 12.9. The van der Waals surface area contributed by atoms with Crippen LogP contribution in [-0.2, 0) is 17.9 Å². The van der Waals surface area contributed by atoms with Gasteiger partial charge in [-0.05, 0) is 23.8 Å². The molecule has 0 aliphatic carbocycles. The van der Waals surface area contributed by atoms with Crippen LogP contribution in [0.2, 0.25) is 0 Å². The Hall–Kier alpha value is -3.94. The molecule has 0 radical (unpaired) electrons. The largest absolute Gasteiger partial charge is 0.497 e. The summed E-state index contributed by atoms with van der Waals surface area (Å²) in [5.74, 6) is 1.46. The number of hydrogen-bond donors (Lipinski definition) is 1. The number of amides is 1. The smallest absolute Gasteiger partial charge is 0.258 e. The van der Waals surface area contributed by atoms with E-state index in [1.165, 1.54) is 10.6 Å². The first-order chi connectivity index (χ1) is 15.5. The molecule has 8 heteroatoms. The third kappa shape index (κ3) is 4.39. The molecule has 0 fully saturated rings. The number of aromatic nitrogens is 3. The van der Waals surface area contributed by atoms with Crippen molar-refractivity contribution in [1.82, 2.24) is 20.0 Å². The molecule has 1 N–H and O–H groups in total. The first-order valence-electron chi connectivity index (χ1n) is 10.3. The third-order valence-corrected chi connectivity index (χ3v) is 5.16. The lowest BCUT2D eigenvalue weighted by atomic mass is 10.1. The van der Waals surface area contributed by atoms with Gasteiger partial charge in [0, 0.05) is 23.9 Å². The summed E-state index contributed by atoms with van der Waals surface area (Å²) >= 11 is 0. The quantitative estimate of drug-likeness (QED) is 0.480. The Kier molecular flexibility index (Phi) is 6.02. The Balaban J connectivity index is 1.59. The summed E-state index contributed by atoms with van der Waals surface area (Å²) in [5, 5.41) is 7.61. The van der Waals surface area contributed by atoms with Gasteiger partial charge >= 0.3 is 0 Å². The summed E-state index contributed by atoms with van der Waals surface area (Å²) in [6.45, 7) is 4.19. The van der Waals surface area contributed by atoms with Crippen LogP contribution in [-0.4, -0.2) is 27.7 Å². The van der Waals surface area contributed by atoms with Gasteiger partial charge in [0.1, 0.15) is 12.3 Å². The molecule has 0 aliphatic rings. The summed E-state index contributed by atoms with van der Waals surface area (Å²) in [6.07, 6.45) is 0. The number of pyridine rings is 1. The lowest BCUT2D eigenvalue weighted by Crippen LogP contribution is -2.32. The van der Waals surface area contributed by atoms with Gasteiger partial charge in [0.25, 0.3) is 11.4 Å². The molecule has 164 valence electrons. The highest BCUT2D eigenvalue weighted by Gasteiger charge is 2.18. The highest BCUT2D eigenvalue weighted by molar-refractivity contribution is 5.93. The van der Waals surface area contributed by atoms with Crippen molar-refractivity contribution in [1.29, 1.82) is 0 Å². The molecule has 2 heterocycles. The number of methoxy groups -OCH3 is 1. The normalized spacial score (nSPS) is 11.1. The second-order valence-electron chi connectivity index (χ2n) is 7.74. The summed E-state index contributed by atoms with van der Waals surface area (Å²) in [4.78, 5) is 30.0. The zero-order chi connectivity index (χ0) is 22.7. The fraction of sp³-hybridized carbons (Fsp3) is 0.250. The molecule has 0 unspecified atom stereocenters. The molecule has 0 bridgehead atoms. The molecule has 0 atom stereocenters. The number of nitrogens with one attached hydrogen (secondary N) is 1. The second kappa shape index (κ2) is 9.05. The lowest BCUT2D eigenvalue weighted by Gasteiger charge is -2.12. The van der Waals surface area contributed by atoms with E-state index in [0.29, 0.717) is 23.4 Å². The van der Waals surface area contributed by atoms with Gasteiger partial charge in [0.2, 0.25) is 5.91 Å². The molecule has 8 nitrogen and oxygen atoms in total. The predicted molar refractivity (Wildman–Crippen MR) is 120 cm³/mol. The summed E-state index contributed by atoms with van der Waals surface area (Å²) in [7, 11) is 1.60. The second-order valence-corrected chi connectivity index (χ2v) is 7.74. The summed E-state index contributed by atoms with van der Waals surface area (Å²) in [5.41, 5.74) is 1.80. The van der Waals surface area contributed by atoms with Gasteiger partial charge in [-0.3, -0.25) is 14.2 Å². The van der Waals surface area contributed by atoms with E-state index in [-0.39, 0.29) is 29.8 Å². The van der Waals surface area contributed by atoms with Crippen molar-refractivity contribution in [3.63, 3.8) is 0 Å². The van der Waals surface area contributed by atoms with Crippen LogP contribution in [0.15, 0.2) is 63.9 Å². The molecule has 0 saturated carbocycles. The lowest BCUT2D eigenvalue weighted by molar-refractivity contribution is -0.121. The average Bonchev–Trinajstić information content (AvgIpc) is 3.30. The standard InChI is InChI=1S/C24H24N4O4/c1-15(2)23-26-24(32-27-23)19-12-22(30)28(20-7-5-4-6-18(19)20)14-21(29)25-13-16-8-10-17(31-3)11-9-16/h4-12,15H,13-14H2,1-3H3,(H,25,29). The molecule has 0 aliphatic heterocycles. The van der Waals surface area contributed by atoms with Crippen LogP contribution in [0.25, 0.3) is 22.4 Å². The zero-order valence-electron chi connectivity index (χ0n) is 18.2. The van der Waals surface area contributed by atoms with E-state index in [1.807, 2.05) is 56.3 Å². The van der Waals surface area contributed by atoms with Crippen LogP contribution >= 0.6 is 0 Å². The number of ether oxygens (including phenoxy) is 1. The van der Waals surface area contributed by atoms with Crippen LogP contribution in [0.3, 0.4) is 0 Å². The third-order valence-electron chi connectivity index (χ3n) is 5.16. The minimum absolute atomic E-state index is 0.100. The minimum atomic E-state index is -0.317. The van der Waals surface area contributed by atoms with E-state index in [4.69, 9.17) is 9.26 Å². The van der Waals surface area contributed by atoms with Gasteiger partial charge in [-0.2, -0.15) is 4.98 Å².